The van der Waals surface area contributed by atoms with Crippen molar-refractivity contribution in [3.8, 4) is 5.75 Å². The predicted octanol–water partition coefficient (Wildman–Crippen LogP) is 3.43. The van der Waals surface area contributed by atoms with Crippen LogP contribution >= 0.6 is 0 Å². The number of nitrogens with one attached hydrogen (secondary N) is 1. The fourth-order valence-corrected chi connectivity index (χ4v) is 6.25. The van der Waals surface area contributed by atoms with E-state index >= 15 is 0 Å². The molecular formula is C17H21F2NO4S. The van der Waals surface area contributed by atoms with E-state index in [1.54, 1.807) is 0 Å². The zero-order valence-electron chi connectivity index (χ0n) is 14.1. The number of rotatable bonds is 6. The molecule has 1 aromatic carbocycles. The summed E-state index contributed by atoms with van der Waals surface area (Å²) in [5.41, 5.74) is -0.938. The van der Waals surface area contributed by atoms with Gasteiger partial charge in [-0.3, -0.25) is 9.52 Å². The van der Waals surface area contributed by atoms with Crippen molar-refractivity contribution in [2.24, 2.45) is 16.7 Å². The molecule has 0 amide bonds. The number of fused-ring (bicyclic) bond motifs is 2. The lowest BCUT2D eigenvalue weighted by Crippen LogP contribution is -2.43. The van der Waals surface area contributed by atoms with Crippen molar-refractivity contribution in [1.29, 1.82) is 0 Å². The molecule has 0 aromatic heterocycles. The van der Waals surface area contributed by atoms with E-state index in [1.807, 2.05) is 13.8 Å². The van der Waals surface area contributed by atoms with Gasteiger partial charge in [-0.1, -0.05) is 13.8 Å². The van der Waals surface area contributed by atoms with Crippen molar-refractivity contribution in [1.82, 2.24) is 0 Å². The van der Waals surface area contributed by atoms with Gasteiger partial charge in [0.15, 0.2) is 0 Å². The molecule has 2 bridgehead atoms. The summed E-state index contributed by atoms with van der Waals surface area (Å²) in [7, 11) is -3.76. The van der Waals surface area contributed by atoms with E-state index in [0.29, 0.717) is 12.8 Å². The molecule has 0 spiro atoms. The number of carbonyl (C=O) groups excluding carboxylic acids is 1. The Hall–Kier alpha value is -1.70. The van der Waals surface area contributed by atoms with Gasteiger partial charge in [0, 0.05) is 12.1 Å². The first kappa shape index (κ1) is 18.1. The second kappa shape index (κ2) is 5.93. The Kier molecular flexibility index (Phi) is 4.29. The molecule has 8 heteroatoms. The summed E-state index contributed by atoms with van der Waals surface area (Å²) in [6.45, 7) is 1.01. The lowest BCUT2D eigenvalue weighted by atomic mass is 9.70. The minimum atomic E-state index is -3.76. The van der Waals surface area contributed by atoms with Crippen molar-refractivity contribution in [3.05, 3.63) is 24.3 Å². The van der Waals surface area contributed by atoms with Crippen LogP contribution in [0.2, 0.25) is 0 Å². The van der Waals surface area contributed by atoms with Crippen LogP contribution in [0.4, 0.5) is 14.5 Å². The third-order valence-corrected chi connectivity index (χ3v) is 7.35. The van der Waals surface area contributed by atoms with E-state index in [-0.39, 0.29) is 34.3 Å². The minimum absolute atomic E-state index is 0.0276. The summed E-state index contributed by atoms with van der Waals surface area (Å²) in [5, 5.41) is 0. The highest BCUT2D eigenvalue weighted by molar-refractivity contribution is 7.92. The Labute approximate surface area is 145 Å². The summed E-state index contributed by atoms with van der Waals surface area (Å²) in [4.78, 5) is 12.5. The van der Waals surface area contributed by atoms with Gasteiger partial charge in [0.2, 0.25) is 10.0 Å². The maximum absolute atomic E-state index is 12.6. The van der Waals surface area contributed by atoms with Gasteiger partial charge in [-0.25, -0.2) is 8.42 Å². The van der Waals surface area contributed by atoms with E-state index in [4.69, 9.17) is 0 Å². The van der Waals surface area contributed by atoms with Gasteiger partial charge in [-0.2, -0.15) is 8.78 Å². The molecule has 2 aliphatic carbocycles. The highest BCUT2D eigenvalue weighted by Gasteiger charge is 2.65. The number of ketones is 1. The molecule has 0 saturated heterocycles. The molecule has 2 fully saturated rings. The molecule has 0 radical (unpaired) electrons. The molecule has 5 nitrogen and oxygen atoms in total. The van der Waals surface area contributed by atoms with Gasteiger partial charge in [-0.15, -0.1) is 0 Å². The number of halogens is 2. The van der Waals surface area contributed by atoms with Crippen LogP contribution in [-0.4, -0.2) is 26.6 Å². The van der Waals surface area contributed by atoms with Crippen LogP contribution < -0.4 is 9.46 Å². The number of anilines is 1. The average molecular weight is 373 g/mol. The topological polar surface area (TPSA) is 72.5 Å². The van der Waals surface area contributed by atoms with E-state index in [9.17, 15) is 22.0 Å². The van der Waals surface area contributed by atoms with E-state index in [1.165, 1.54) is 24.3 Å². The zero-order valence-corrected chi connectivity index (χ0v) is 14.9. The van der Waals surface area contributed by atoms with Crippen LogP contribution in [0.25, 0.3) is 0 Å². The van der Waals surface area contributed by atoms with Crippen LogP contribution in [0.15, 0.2) is 24.3 Å². The van der Waals surface area contributed by atoms with Gasteiger partial charge >= 0.3 is 6.61 Å². The highest BCUT2D eigenvalue weighted by Crippen LogP contribution is 2.64. The lowest BCUT2D eigenvalue weighted by molar-refractivity contribution is -0.128. The van der Waals surface area contributed by atoms with E-state index in [0.717, 1.165) is 6.42 Å². The van der Waals surface area contributed by atoms with Crippen LogP contribution in [0.5, 0.6) is 5.75 Å². The predicted molar refractivity (Wildman–Crippen MR) is 89.0 cm³/mol. The summed E-state index contributed by atoms with van der Waals surface area (Å²) in [5.74, 6) is -0.0412. The second-order valence-corrected chi connectivity index (χ2v) is 9.15. The molecule has 2 atom stereocenters. The number of benzene rings is 1. The van der Waals surface area contributed by atoms with E-state index < -0.39 is 22.0 Å². The van der Waals surface area contributed by atoms with Crippen LogP contribution in [0.3, 0.4) is 0 Å². The first-order valence-corrected chi connectivity index (χ1v) is 9.80. The summed E-state index contributed by atoms with van der Waals surface area (Å²) in [6.07, 6.45) is 1.90. The van der Waals surface area contributed by atoms with Gasteiger partial charge in [-0.05, 0) is 48.4 Å². The Morgan fingerprint density at radius 1 is 1.28 bits per heavy atom. The molecule has 138 valence electrons. The van der Waals surface area contributed by atoms with Crippen LogP contribution in [0.1, 0.15) is 33.1 Å². The lowest BCUT2D eigenvalue weighted by Gasteiger charge is -2.36. The third kappa shape index (κ3) is 3.12. The molecule has 2 aliphatic rings. The smallest absolute Gasteiger partial charge is 0.387 e. The normalized spacial score (nSPS) is 27.7. The minimum Gasteiger partial charge on any atom is -0.435 e. The van der Waals surface area contributed by atoms with Crippen LogP contribution in [-0.2, 0) is 14.8 Å². The van der Waals surface area contributed by atoms with Crippen molar-refractivity contribution in [3.63, 3.8) is 0 Å². The molecule has 1 aromatic rings. The molecular weight excluding hydrogens is 352 g/mol. The number of sulfonamides is 1. The number of hydrogen-bond donors (Lipinski definition) is 1. The maximum Gasteiger partial charge on any atom is 0.387 e. The molecule has 2 unspecified atom stereocenters. The molecule has 2 saturated carbocycles. The van der Waals surface area contributed by atoms with Gasteiger partial charge < -0.3 is 4.74 Å². The standard InChI is InChI=1S/C17H21F2NO4S/c1-16(2)11-7-8-17(16,14(21)9-11)10-25(22,23)20-12-3-5-13(6-4-12)24-15(18)19/h3-6,11,15,20H,7-10H2,1-2H3. The molecule has 0 heterocycles. The molecule has 25 heavy (non-hydrogen) atoms. The second-order valence-electron chi connectivity index (χ2n) is 7.43. The maximum atomic E-state index is 12.6. The number of hydrogen-bond acceptors (Lipinski definition) is 4. The first-order valence-electron chi connectivity index (χ1n) is 8.14. The Morgan fingerprint density at radius 3 is 2.40 bits per heavy atom. The Bertz CT molecular complexity index is 776. The quantitative estimate of drug-likeness (QED) is 0.829. The number of ether oxygens (including phenoxy) is 1. The zero-order chi connectivity index (χ0) is 18.5. The number of Topliss-reactive ketones (excluding diaryl/α,β-unsaturated/α-hetero) is 1. The van der Waals surface area contributed by atoms with Crippen molar-refractivity contribution in [2.45, 2.75) is 39.7 Å². The molecule has 3 rings (SSSR count). The van der Waals surface area contributed by atoms with Crippen molar-refractivity contribution in [2.75, 3.05) is 10.5 Å². The summed E-state index contributed by atoms with van der Waals surface area (Å²) < 4.78 is 56.2. The highest BCUT2D eigenvalue weighted by atomic mass is 32.2. The molecule has 1 N–H and O–H groups in total. The monoisotopic (exact) mass is 373 g/mol. The summed E-state index contributed by atoms with van der Waals surface area (Å²) in [6, 6.07) is 5.23. The van der Waals surface area contributed by atoms with Gasteiger partial charge in [0.25, 0.3) is 0 Å². The van der Waals surface area contributed by atoms with Crippen molar-refractivity contribution < 1.29 is 26.7 Å². The fourth-order valence-electron chi connectivity index (χ4n) is 4.35. The van der Waals surface area contributed by atoms with E-state index in [2.05, 4.69) is 9.46 Å². The molecule has 0 aliphatic heterocycles. The Morgan fingerprint density at radius 2 is 1.92 bits per heavy atom. The first-order chi connectivity index (χ1) is 11.6. The average Bonchev–Trinajstić information content (AvgIpc) is 2.82. The fraction of sp³-hybridized carbons (Fsp3) is 0.588. The van der Waals surface area contributed by atoms with Crippen LogP contribution in [0, 0.1) is 16.7 Å². The third-order valence-electron chi connectivity index (χ3n) is 5.93. The Balaban J connectivity index is 1.76. The van der Waals surface area contributed by atoms with Gasteiger partial charge in [0.05, 0.1) is 11.2 Å². The number of alkyl halides is 2. The largest absolute Gasteiger partial charge is 0.435 e. The summed E-state index contributed by atoms with van der Waals surface area (Å²) >= 11 is 0. The van der Waals surface area contributed by atoms with Crippen molar-refractivity contribution >= 4 is 21.5 Å². The van der Waals surface area contributed by atoms with Gasteiger partial charge in [0.1, 0.15) is 11.5 Å². The SMILES string of the molecule is CC1(C)C2CCC1(CS(=O)(=O)Nc1ccc(OC(F)F)cc1)C(=O)C2. The number of carbonyl (C=O) groups is 1.